The Morgan fingerprint density at radius 3 is 2.65 bits per heavy atom. The van der Waals surface area contributed by atoms with Gasteiger partial charge >= 0.3 is 0 Å². The Kier molecular flexibility index (Phi) is 6.11. The fourth-order valence-corrected chi connectivity index (χ4v) is 3.75. The van der Waals surface area contributed by atoms with Gasteiger partial charge in [-0.05, 0) is 32.4 Å². The second-order valence-corrected chi connectivity index (χ2v) is 6.74. The first-order valence-electron chi connectivity index (χ1n) is 6.82. The Bertz CT molecular complexity index is 576. The summed E-state index contributed by atoms with van der Waals surface area (Å²) in [6, 6.07) is 4.68. The molecule has 110 valence electrons. The van der Waals surface area contributed by atoms with E-state index in [1.165, 1.54) is 22.6 Å². The van der Waals surface area contributed by atoms with Crippen LogP contribution in [0.2, 0.25) is 0 Å². The van der Waals surface area contributed by atoms with Crippen molar-refractivity contribution in [2.24, 2.45) is 0 Å². The van der Waals surface area contributed by atoms with Crippen molar-refractivity contribution < 1.29 is 8.42 Å². The first kappa shape index (κ1) is 16.6. The van der Waals surface area contributed by atoms with Crippen LogP contribution in [0.15, 0.2) is 23.2 Å². The molecule has 0 saturated carbocycles. The normalized spacial score (nSPS) is 11.8. The predicted octanol–water partition coefficient (Wildman–Crippen LogP) is 2.54. The Morgan fingerprint density at radius 1 is 1.40 bits per heavy atom. The number of rotatable bonds is 7. The summed E-state index contributed by atoms with van der Waals surface area (Å²) in [5, 5.41) is 9.02. The minimum absolute atomic E-state index is 0.00676. The Hall–Kier alpha value is -1.45. The van der Waals surface area contributed by atoms with Gasteiger partial charge < -0.3 is 0 Å². The average molecular weight is 295 g/mol. The number of nitrogens with zero attached hydrogens (tertiary/aromatic N) is 3. The molecule has 1 heterocycles. The monoisotopic (exact) mass is 295 g/mol. The number of pyridine rings is 1. The largest absolute Gasteiger partial charge is 0.246 e. The summed E-state index contributed by atoms with van der Waals surface area (Å²) in [6.45, 7) is 6.22. The molecule has 0 saturated heterocycles. The Balaban J connectivity index is 3.14. The van der Waals surface area contributed by atoms with Crippen LogP contribution in [0.1, 0.15) is 45.7 Å². The molecule has 0 unspecified atom stereocenters. The quantitative estimate of drug-likeness (QED) is 0.724. The maximum atomic E-state index is 12.7. The topological polar surface area (TPSA) is 74.1 Å². The van der Waals surface area contributed by atoms with Gasteiger partial charge in [-0.25, -0.2) is 13.4 Å². The van der Waals surface area contributed by atoms with E-state index >= 15 is 0 Å². The molecule has 0 aromatic carbocycles. The van der Waals surface area contributed by atoms with Gasteiger partial charge in [0.25, 0.3) is 0 Å². The van der Waals surface area contributed by atoms with E-state index < -0.39 is 10.0 Å². The zero-order valence-corrected chi connectivity index (χ0v) is 13.0. The molecule has 0 aliphatic carbocycles. The van der Waals surface area contributed by atoms with Gasteiger partial charge in [-0.15, -0.1) is 0 Å². The van der Waals surface area contributed by atoms with Crippen molar-refractivity contribution in [3.05, 3.63) is 24.0 Å². The molecule has 1 aromatic rings. The fourth-order valence-electron chi connectivity index (χ4n) is 1.98. The van der Waals surface area contributed by atoms with Gasteiger partial charge in [-0.2, -0.15) is 9.57 Å². The number of sulfonamides is 1. The van der Waals surface area contributed by atoms with Gasteiger partial charge in [-0.1, -0.05) is 19.8 Å². The summed E-state index contributed by atoms with van der Waals surface area (Å²) in [4.78, 5) is 3.83. The van der Waals surface area contributed by atoms with E-state index in [1.807, 2.05) is 19.9 Å². The van der Waals surface area contributed by atoms with Crippen LogP contribution in [0.4, 0.5) is 0 Å². The van der Waals surface area contributed by atoms with E-state index in [1.54, 1.807) is 0 Å². The van der Waals surface area contributed by atoms with Crippen molar-refractivity contribution in [1.29, 1.82) is 5.26 Å². The van der Waals surface area contributed by atoms with Crippen LogP contribution >= 0.6 is 0 Å². The maximum Gasteiger partial charge on any atom is 0.246 e. The molecule has 1 aromatic heterocycles. The van der Waals surface area contributed by atoms with Crippen LogP contribution in [-0.2, 0) is 10.0 Å². The van der Waals surface area contributed by atoms with Crippen molar-refractivity contribution in [2.75, 3.05) is 6.54 Å². The molecular weight excluding hydrogens is 274 g/mol. The molecule has 0 fully saturated rings. The summed E-state index contributed by atoms with van der Waals surface area (Å²) in [7, 11) is -3.68. The van der Waals surface area contributed by atoms with Gasteiger partial charge in [0.05, 0.1) is 0 Å². The third kappa shape index (κ3) is 3.78. The van der Waals surface area contributed by atoms with E-state index in [4.69, 9.17) is 5.26 Å². The molecule has 0 atom stereocenters. The summed E-state index contributed by atoms with van der Waals surface area (Å²) >= 11 is 0. The highest BCUT2D eigenvalue weighted by Crippen LogP contribution is 2.21. The van der Waals surface area contributed by atoms with Gasteiger partial charge in [0.1, 0.15) is 11.0 Å². The molecule has 0 amide bonds. The molecule has 0 bridgehead atoms. The second-order valence-electron chi connectivity index (χ2n) is 4.88. The first-order valence-corrected chi connectivity index (χ1v) is 8.26. The van der Waals surface area contributed by atoms with Crippen LogP contribution in [0.5, 0.6) is 0 Å². The number of hydrogen-bond donors (Lipinski definition) is 0. The van der Waals surface area contributed by atoms with Crippen LogP contribution in [0.25, 0.3) is 0 Å². The maximum absolute atomic E-state index is 12.7. The van der Waals surface area contributed by atoms with Crippen molar-refractivity contribution in [3.8, 4) is 6.07 Å². The number of unbranched alkanes of at least 4 members (excludes halogenated alkanes) is 2. The molecule has 5 nitrogen and oxygen atoms in total. The third-order valence-electron chi connectivity index (χ3n) is 3.02. The highest BCUT2D eigenvalue weighted by molar-refractivity contribution is 7.89. The first-order chi connectivity index (χ1) is 9.45. The lowest BCUT2D eigenvalue weighted by molar-refractivity contribution is 0.345. The minimum Gasteiger partial charge on any atom is -0.244 e. The van der Waals surface area contributed by atoms with Crippen LogP contribution in [0.3, 0.4) is 0 Å². The lowest BCUT2D eigenvalue weighted by Gasteiger charge is -2.26. The molecule has 0 N–H and O–H groups in total. The predicted molar refractivity (Wildman–Crippen MR) is 77.5 cm³/mol. The van der Waals surface area contributed by atoms with Crippen molar-refractivity contribution in [3.63, 3.8) is 0 Å². The molecule has 20 heavy (non-hydrogen) atoms. The van der Waals surface area contributed by atoms with E-state index in [-0.39, 0.29) is 16.6 Å². The van der Waals surface area contributed by atoms with Gasteiger partial charge in [0.15, 0.2) is 5.69 Å². The van der Waals surface area contributed by atoms with Crippen LogP contribution < -0.4 is 0 Å². The standard InChI is InChI=1S/C14H21N3O2S/c1-4-5-6-10-17(12(2)3)20(18,19)14-8-7-9-16-13(14)11-15/h7-9,12H,4-6,10H2,1-3H3. The summed E-state index contributed by atoms with van der Waals surface area (Å²) < 4.78 is 26.8. The van der Waals surface area contributed by atoms with E-state index in [9.17, 15) is 8.42 Å². The summed E-state index contributed by atoms with van der Waals surface area (Å²) in [6.07, 6.45) is 4.25. The smallest absolute Gasteiger partial charge is 0.244 e. The molecule has 0 spiro atoms. The molecule has 1 rings (SSSR count). The second kappa shape index (κ2) is 7.36. The molecular formula is C14H21N3O2S. The zero-order valence-electron chi connectivity index (χ0n) is 12.2. The Morgan fingerprint density at radius 2 is 2.10 bits per heavy atom. The summed E-state index contributed by atoms with van der Waals surface area (Å²) in [5.41, 5.74) is -0.0476. The van der Waals surface area contributed by atoms with Crippen molar-refractivity contribution in [1.82, 2.24) is 9.29 Å². The Labute approximate surface area is 121 Å². The zero-order chi connectivity index (χ0) is 15.2. The van der Waals surface area contributed by atoms with Crippen molar-refractivity contribution >= 4 is 10.0 Å². The third-order valence-corrected chi connectivity index (χ3v) is 5.13. The lowest BCUT2D eigenvalue weighted by atomic mass is 10.2. The minimum atomic E-state index is -3.68. The molecule has 0 radical (unpaired) electrons. The van der Waals surface area contributed by atoms with Gasteiger partial charge in [-0.3, -0.25) is 0 Å². The molecule has 0 aliphatic heterocycles. The van der Waals surface area contributed by atoms with Crippen LogP contribution in [-0.4, -0.2) is 30.3 Å². The van der Waals surface area contributed by atoms with Crippen molar-refractivity contribution in [2.45, 2.75) is 51.0 Å². The number of nitriles is 1. The molecule has 0 aliphatic rings. The van der Waals surface area contributed by atoms with Gasteiger partial charge in [0, 0.05) is 18.8 Å². The van der Waals surface area contributed by atoms with Gasteiger partial charge in [0.2, 0.25) is 10.0 Å². The van der Waals surface area contributed by atoms with E-state index in [2.05, 4.69) is 11.9 Å². The fraction of sp³-hybridized carbons (Fsp3) is 0.571. The van der Waals surface area contributed by atoms with E-state index in [0.717, 1.165) is 19.3 Å². The number of hydrogen-bond acceptors (Lipinski definition) is 4. The highest BCUT2D eigenvalue weighted by Gasteiger charge is 2.29. The van der Waals surface area contributed by atoms with E-state index in [0.29, 0.717) is 6.54 Å². The van der Waals surface area contributed by atoms with Crippen LogP contribution in [0, 0.1) is 11.3 Å². The SMILES string of the molecule is CCCCCN(C(C)C)S(=O)(=O)c1cccnc1C#N. The lowest BCUT2D eigenvalue weighted by Crippen LogP contribution is -2.38. The highest BCUT2D eigenvalue weighted by atomic mass is 32.2. The summed E-state index contributed by atoms with van der Waals surface area (Å²) in [5.74, 6) is 0. The number of aromatic nitrogens is 1. The average Bonchev–Trinajstić information content (AvgIpc) is 2.42. The molecule has 6 heteroatoms.